The summed E-state index contributed by atoms with van der Waals surface area (Å²) in [5.74, 6) is -0.480. The van der Waals surface area contributed by atoms with E-state index in [-0.39, 0.29) is 18.2 Å². The first-order valence-electron chi connectivity index (χ1n) is 10.4. The second-order valence-corrected chi connectivity index (χ2v) is 8.23. The molecule has 0 aliphatic carbocycles. The van der Waals surface area contributed by atoms with Gasteiger partial charge in [0.1, 0.15) is 5.82 Å². The van der Waals surface area contributed by atoms with Crippen LogP contribution in [0.3, 0.4) is 0 Å². The minimum atomic E-state index is -0.410. The van der Waals surface area contributed by atoms with E-state index in [2.05, 4.69) is 25.8 Å². The van der Waals surface area contributed by atoms with Crippen LogP contribution in [0.5, 0.6) is 0 Å². The molecule has 0 aliphatic rings. The van der Waals surface area contributed by atoms with Crippen LogP contribution in [0, 0.1) is 12.7 Å². The molecule has 0 spiro atoms. The van der Waals surface area contributed by atoms with Gasteiger partial charge in [0.25, 0.3) is 0 Å². The molecule has 0 fully saturated rings. The molecule has 0 radical (unpaired) electrons. The molecule has 2 amide bonds. The molecular formula is C24H21FN6O2S. The molecule has 0 atom stereocenters. The SMILES string of the molecule is Cc1ccccc1-n1c(SCC(=O)NCC(=O)Nc2ccc(F)cc2)nnc1-c1cccnc1. The van der Waals surface area contributed by atoms with Crippen molar-refractivity contribution in [1.82, 2.24) is 25.1 Å². The lowest BCUT2D eigenvalue weighted by atomic mass is 10.2. The summed E-state index contributed by atoms with van der Waals surface area (Å²) in [4.78, 5) is 28.6. The third-order valence-corrected chi connectivity index (χ3v) is 5.74. The highest BCUT2D eigenvalue weighted by atomic mass is 32.2. The Morgan fingerprint density at radius 1 is 1.00 bits per heavy atom. The Labute approximate surface area is 199 Å². The van der Waals surface area contributed by atoms with Gasteiger partial charge in [0.15, 0.2) is 11.0 Å². The summed E-state index contributed by atoms with van der Waals surface area (Å²) in [5.41, 5.74) is 3.17. The lowest BCUT2D eigenvalue weighted by Crippen LogP contribution is -2.33. The van der Waals surface area contributed by atoms with Gasteiger partial charge in [-0.25, -0.2) is 4.39 Å². The van der Waals surface area contributed by atoms with E-state index in [0.29, 0.717) is 16.7 Å². The van der Waals surface area contributed by atoms with Crippen LogP contribution in [0.1, 0.15) is 5.56 Å². The van der Waals surface area contributed by atoms with Crippen LogP contribution in [0.15, 0.2) is 78.2 Å². The van der Waals surface area contributed by atoms with Crippen molar-refractivity contribution in [2.45, 2.75) is 12.1 Å². The van der Waals surface area contributed by atoms with Gasteiger partial charge in [-0.3, -0.25) is 19.1 Å². The van der Waals surface area contributed by atoms with Gasteiger partial charge in [0.2, 0.25) is 11.8 Å². The van der Waals surface area contributed by atoms with Gasteiger partial charge in [-0.15, -0.1) is 10.2 Å². The van der Waals surface area contributed by atoms with Gasteiger partial charge >= 0.3 is 0 Å². The number of benzene rings is 2. The molecule has 2 heterocycles. The Bertz CT molecular complexity index is 1290. The van der Waals surface area contributed by atoms with E-state index < -0.39 is 11.7 Å². The first kappa shape index (κ1) is 23.1. The summed E-state index contributed by atoms with van der Waals surface area (Å²) in [6.45, 7) is 1.78. The van der Waals surface area contributed by atoms with E-state index in [1.807, 2.05) is 47.9 Å². The molecule has 0 unspecified atom stereocenters. The predicted molar refractivity (Wildman–Crippen MR) is 128 cm³/mol. The van der Waals surface area contributed by atoms with Crippen molar-refractivity contribution in [2.75, 3.05) is 17.6 Å². The van der Waals surface area contributed by atoms with Crippen LogP contribution < -0.4 is 10.6 Å². The van der Waals surface area contributed by atoms with Gasteiger partial charge in [-0.2, -0.15) is 0 Å². The highest BCUT2D eigenvalue weighted by Gasteiger charge is 2.18. The van der Waals surface area contributed by atoms with Crippen LogP contribution in [0.2, 0.25) is 0 Å². The average Bonchev–Trinajstić information content (AvgIpc) is 3.27. The van der Waals surface area contributed by atoms with E-state index in [0.717, 1.165) is 16.8 Å². The maximum Gasteiger partial charge on any atom is 0.243 e. The molecular weight excluding hydrogens is 455 g/mol. The summed E-state index contributed by atoms with van der Waals surface area (Å²) in [6, 6.07) is 16.9. The topological polar surface area (TPSA) is 102 Å². The number of thioether (sulfide) groups is 1. The molecule has 2 aromatic carbocycles. The number of rotatable bonds is 8. The molecule has 34 heavy (non-hydrogen) atoms. The number of hydrogen-bond acceptors (Lipinski definition) is 6. The Balaban J connectivity index is 1.43. The summed E-state index contributed by atoms with van der Waals surface area (Å²) in [7, 11) is 0. The van der Waals surface area contributed by atoms with Gasteiger partial charge in [0.05, 0.1) is 18.0 Å². The molecule has 0 saturated carbocycles. The maximum absolute atomic E-state index is 13.0. The zero-order valence-electron chi connectivity index (χ0n) is 18.2. The first-order chi connectivity index (χ1) is 16.5. The van der Waals surface area contributed by atoms with Crippen molar-refractivity contribution < 1.29 is 14.0 Å². The van der Waals surface area contributed by atoms with Gasteiger partial charge in [-0.1, -0.05) is 30.0 Å². The third kappa shape index (κ3) is 5.65. The fourth-order valence-corrected chi connectivity index (χ4v) is 3.95. The number of nitrogens with zero attached hydrogens (tertiary/aromatic N) is 4. The molecule has 172 valence electrons. The number of anilines is 1. The van der Waals surface area contributed by atoms with Crippen molar-refractivity contribution in [3.8, 4) is 17.1 Å². The Morgan fingerprint density at radius 3 is 2.53 bits per heavy atom. The lowest BCUT2D eigenvalue weighted by Gasteiger charge is -2.12. The molecule has 4 aromatic rings. The van der Waals surface area contributed by atoms with E-state index in [4.69, 9.17) is 0 Å². The number of pyridine rings is 1. The number of halogens is 1. The normalized spacial score (nSPS) is 10.6. The Morgan fingerprint density at radius 2 is 1.79 bits per heavy atom. The summed E-state index contributed by atoms with van der Waals surface area (Å²) in [6.07, 6.45) is 3.39. The highest BCUT2D eigenvalue weighted by Crippen LogP contribution is 2.29. The summed E-state index contributed by atoms with van der Waals surface area (Å²) >= 11 is 1.21. The number of aryl methyl sites for hydroxylation is 1. The molecule has 0 saturated heterocycles. The second-order valence-electron chi connectivity index (χ2n) is 7.29. The third-order valence-electron chi connectivity index (χ3n) is 4.82. The predicted octanol–water partition coefficient (Wildman–Crippen LogP) is 3.62. The van der Waals surface area contributed by atoms with Crippen LogP contribution in [-0.4, -0.2) is 43.9 Å². The van der Waals surface area contributed by atoms with Crippen LogP contribution in [0.4, 0.5) is 10.1 Å². The Hall–Kier alpha value is -4.05. The number of para-hydroxylation sites is 1. The highest BCUT2D eigenvalue weighted by molar-refractivity contribution is 7.99. The number of aromatic nitrogens is 4. The van der Waals surface area contributed by atoms with E-state index in [1.165, 1.54) is 36.0 Å². The quantitative estimate of drug-likeness (QED) is 0.377. The molecule has 4 rings (SSSR count). The molecule has 8 nitrogen and oxygen atoms in total. The van der Waals surface area contributed by atoms with E-state index >= 15 is 0 Å². The first-order valence-corrected chi connectivity index (χ1v) is 11.4. The number of carbonyl (C=O) groups is 2. The molecule has 2 N–H and O–H groups in total. The number of carbonyl (C=O) groups excluding carboxylic acids is 2. The fourth-order valence-electron chi connectivity index (χ4n) is 3.18. The van der Waals surface area contributed by atoms with Crippen LogP contribution in [-0.2, 0) is 9.59 Å². The fraction of sp³-hybridized carbons (Fsp3) is 0.125. The van der Waals surface area contributed by atoms with Crippen LogP contribution in [0.25, 0.3) is 17.1 Å². The largest absolute Gasteiger partial charge is 0.346 e. The number of hydrogen-bond donors (Lipinski definition) is 2. The second kappa shape index (κ2) is 10.7. The maximum atomic E-state index is 13.0. The molecule has 10 heteroatoms. The number of nitrogens with one attached hydrogen (secondary N) is 2. The Kier molecular flexibility index (Phi) is 7.28. The van der Waals surface area contributed by atoms with Crippen molar-refractivity contribution in [3.63, 3.8) is 0 Å². The zero-order chi connectivity index (χ0) is 23.9. The van der Waals surface area contributed by atoms with Gasteiger partial charge < -0.3 is 10.6 Å². The van der Waals surface area contributed by atoms with Crippen LogP contribution >= 0.6 is 11.8 Å². The zero-order valence-corrected chi connectivity index (χ0v) is 19.1. The lowest BCUT2D eigenvalue weighted by molar-refractivity contribution is -0.122. The van der Waals surface area contributed by atoms with Crippen molar-refractivity contribution in [1.29, 1.82) is 0 Å². The van der Waals surface area contributed by atoms with Gasteiger partial charge in [-0.05, 0) is 55.0 Å². The number of amides is 2. The minimum Gasteiger partial charge on any atom is -0.346 e. The van der Waals surface area contributed by atoms with Crippen molar-refractivity contribution >= 4 is 29.3 Å². The van der Waals surface area contributed by atoms with E-state index in [9.17, 15) is 14.0 Å². The standard InChI is InChI=1S/C24H21FN6O2S/c1-16-5-2-3-7-20(16)31-23(17-6-4-12-26-13-17)29-30-24(31)34-15-22(33)27-14-21(32)28-19-10-8-18(25)9-11-19/h2-13H,14-15H2,1H3,(H,27,33)(H,28,32). The van der Waals surface area contributed by atoms with Gasteiger partial charge in [0, 0.05) is 23.6 Å². The summed E-state index contributed by atoms with van der Waals surface area (Å²) in [5, 5.41) is 14.4. The van der Waals surface area contributed by atoms with E-state index in [1.54, 1.807) is 12.4 Å². The molecule has 2 aromatic heterocycles. The molecule has 0 bridgehead atoms. The van der Waals surface area contributed by atoms with Crippen molar-refractivity contribution in [2.24, 2.45) is 0 Å². The summed E-state index contributed by atoms with van der Waals surface area (Å²) < 4.78 is 14.9. The minimum absolute atomic E-state index is 0.0425. The monoisotopic (exact) mass is 476 g/mol. The average molecular weight is 477 g/mol. The molecule has 0 aliphatic heterocycles. The van der Waals surface area contributed by atoms with Crippen molar-refractivity contribution in [3.05, 3.63) is 84.4 Å². The smallest absolute Gasteiger partial charge is 0.243 e.